The molecule has 0 unspecified atom stereocenters. The topological polar surface area (TPSA) is 61.4 Å². The summed E-state index contributed by atoms with van der Waals surface area (Å²) in [6, 6.07) is 7.16. The third-order valence-corrected chi connectivity index (χ3v) is 2.77. The molecule has 0 aliphatic carbocycles. The lowest BCUT2D eigenvalue weighted by molar-refractivity contribution is -0.119. The number of carbonyl (C=O) groups excluding carboxylic acids is 2. The summed E-state index contributed by atoms with van der Waals surface area (Å²) in [5.74, 6) is -0.231. The van der Waals surface area contributed by atoms with Crippen molar-refractivity contribution in [1.29, 1.82) is 0 Å². The number of amides is 2. The van der Waals surface area contributed by atoms with E-state index in [1.807, 2.05) is 31.3 Å². The minimum absolute atomic E-state index is 0.223. The first kappa shape index (κ1) is 14.4. The average molecular weight is 267 g/mol. The van der Waals surface area contributed by atoms with Gasteiger partial charge >= 0.3 is 0 Å². The van der Waals surface area contributed by atoms with Gasteiger partial charge in [-0.15, -0.1) is 0 Å². The molecular weight excluding hydrogens is 250 g/mol. The highest BCUT2D eigenvalue weighted by Crippen LogP contribution is 2.12. The van der Waals surface area contributed by atoms with Gasteiger partial charge in [-0.1, -0.05) is 6.07 Å². The zero-order chi connectivity index (χ0) is 13.5. The zero-order valence-electron chi connectivity index (χ0n) is 10.7. The van der Waals surface area contributed by atoms with Gasteiger partial charge in [0.05, 0.1) is 5.75 Å². The van der Waals surface area contributed by atoms with Crippen molar-refractivity contribution in [2.45, 2.75) is 0 Å². The maximum atomic E-state index is 11.8. The Balaban J connectivity index is 2.61. The van der Waals surface area contributed by atoms with Gasteiger partial charge in [0.15, 0.2) is 0 Å². The van der Waals surface area contributed by atoms with E-state index in [4.69, 9.17) is 0 Å². The van der Waals surface area contributed by atoms with Gasteiger partial charge in [0.1, 0.15) is 0 Å². The van der Waals surface area contributed by atoms with E-state index in [0.717, 1.165) is 5.69 Å². The molecule has 18 heavy (non-hydrogen) atoms. The molecular formula is C12H17N3O2S. The Hall–Kier alpha value is -1.69. The minimum atomic E-state index is -0.326. The van der Waals surface area contributed by atoms with Crippen LogP contribution in [0.15, 0.2) is 24.3 Å². The number of hydrogen-bond donors (Lipinski definition) is 2. The fourth-order valence-electron chi connectivity index (χ4n) is 1.29. The van der Waals surface area contributed by atoms with E-state index in [-0.39, 0.29) is 11.8 Å². The fraction of sp³-hybridized carbons (Fsp3) is 0.333. The average Bonchev–Trinajstić information content (AvgIpc) is 2.36. The SMILES string of the molecule is CSCC(=O)NNC(=O)c1cccc(N(C)C)c1. The van der Waals surface area contributed by atoms with Crippen molar-refractivity contribution in [3.8, 4) is 0 Å². The molecule has 0 aromatic heterocycles. The van der Waals surface area contributed by atoms with E-state index >= 15 is 0 Å². The number of nitrogens with zero attached hydrogens (tertiary/aromatic N) is 1. The number of benzene rings is 1. The summed E-state index contributed by atoms with van der Waals surface area (Å²) in [4.78, 5) is 24.9. The van der Waals surface area contributed by atoms with E-state index in [0.29, 0.717) is 11.3 Å². The molecule has 0 bridgehead atoms. The summed E-state index contributed by atoms with van der Waals surface area (Å²) >= 11 is 1.39. The van der Waals surface area contributed by atoms with E-state index in [1.165, 1.54) is 11.8 Å². The van der Waals surface area contributed by atoms with Gasteiger partial charge in [-0.05, 0) is 24.5 Å². The number of rotatable bonds is 4. The normalized spacial score (nSPS) is 9.72. The molecule has 1 rings (SSSR count). The third-order valence-electron chi connectivity index (χ3n) is 2.22. The predicted octanol–water partition coefficient (Wildman–Crippen LogP) is 0.877. The van der Waals surface area contributed by atoms with E-state index in [2.05, 4.69) is 10.9 Å². The molecule has 0 saturated heterocycles. The molecule has 2 amide bonds. The highest BCUT2D eigenvalue weighted by atomic mass is 32.2. The predicted molar refractivity (Wildman–Crippen MR) is 74.8 cm³/mol. The number of hydrazine groups is 1. The lowest BCUT2D eigenvalue weighted by atomic mass is 10.2. The van der Waals surface area contributed by atoms with Gasteiger partial charge in [-0.2, -0.15) is 11.8 Å². The van der Waals surface area contributed by atoms with Crippen LogP contribution in [0.4, 0.5) is 5.69 Å². The van der Waals surface area contributed by atoms with Crippen LogP contribution in [0.1, 0.15) is 10.4 Å². The summed E-state index contributed by atoms with van der Waals surface area (Å²) < 4.78 is 0. The van der Waals surface area contributed by atoms with Crippen molar-refractivity contribution in [2.75, 3.05) is 31.0 Å². The molecule has 0 saturated carbocycles. The molecule has 0 spiro atoms. The lowest BCUT2D eigenvalue weighted by Gasteiger charge is -2.13. The minimum Gasteiger partial charge on any atom is -0.378 e. The molecule has 0 heterocycles. The molecule has 6 heteroatoms. The largest absolute Gasteiger partial charge is 0.378 e. The van der Waals surface area contributed by atoms with Gasteiger partial charge < -0.3 is 4.90 Å². The number of anilines is 1. The standard InChI is InChI=1S/C12H17N3O2S/c1-15(2)10-6-4-5-9(7-10)12(17)14-13-11(16)8-18-3/h4-7H,8H2,1-3H3,(H,13,16)(H,14,17). The van der Waals surface area contributed by atoms with Crippen LogP contribution in [0.2, 0.25) is 0 Å². The maximum Gasteiger partial charge on any atom is 0.269 e. The van der Waals surface area contributed by atoms with Crippen molar-refractivity contribution < 1.29 is 9.59 Å². The van der Waals surface area contributed by atoms with Gasteiger partial charge in [0.2, 0.25) is 5.91 Å². The van der Waals surface area contributed by atoms with Crippen molar-refractivity contribution in [1.82, 2.24) is 10.9 Å². The second-order valence-corrected chi connectivity index (χ2v) is 4.75. The van der Waals surface area contributed by atoms with Crippen LogP contribution in [0, 0.1) is 0 Å². The van der Waals surface area contributed by atoms with E-state index < -0.39 is 0 Å². The lowest BCUT2D eigenvalue weighted by Crippen LogP contribution is -2.42. The summed E-state index contributed by atoms with van der Waals surface area (Å²) in [7, 11) is 3.80. The second-order valence-electron chi connectivity index (χ2n) is 3.88. The highest BCUT2D eigenvalue weighted by molar-refractivity contribution is 7.99. The van der Waals surface area contributed by atoms with Crippen molar-refractivity contribution >= 4 is 29.3 Å². The number of nitrogens with one attached hydrogen (secondary N) is 2. The first-order chi connectivity index (χ1) is 8.54. The molecule has 0 radical (unpaired) electrons. The fourth-order valence-corrected chi connectivity index (χ4v) is 1.63. The van der Waals surface area contributed by atoms with Crippen LogP contribution in [0.25, 0.3) is 0 Å². The molecule has 0 aliphatic rings. The summed E-state index contributed by atoms with van der Waals surface area (Å²) in [6.07, 6.45) is 1.82. The zero-order valence-corrected chi connectivity index (χ0v) is 11.5. The number of thioether (sulfide) groups is 1. The smallest absolute Gasteiger partial charge is 0.269 e. The molecule has 1 aromatic rings. The summed E-state index contributed by atoms with van der Waals surface area (Å²) in [6.45, 7) is 0. The van der Waals surface area contributed by atoms with Crippen LogP contribution in [-0.2, 0) is 4.79 Å². The van der Waals surface area contributed by atoms with Gasteiger partial charge in [0.25, 0.3) is 5.91 Å². The van der Waals surface area contributed by atoms with Crippen LogP contribution in [0.3, 0.4) is 0 Å². The van der Waals surface area contributed by atoms with Crippen molar-refractivity contribution in [2.24, 2.45) is 0 Å². The Kier molecular flexibility index (Phi) is 5.51. The molecule has 1 aromatic carbocycles. The molecule has 5 nitrogen and oxygen atoms in total. The van der Waals surface area contributed by atoms with Gasteiger partial charge in [0, 0.05) is 25.3 Å². The highest BCUT2D eigenvalue weighted by Gasteiger charge is 2.08. The maximum absolute atomic E-state index is 11.8. The van der Waals surface area contributed by atoms with Crippen LogP contribution < -0.4 is 15.8 Å². The third kappa shape index (κ3) is 4.29. The Bertz CT molecular complexity index is 435. The Labute approximate surface area is 111 Å². The van der Waals surface area contributed by atoms with Gasteiger partial charge in [-0.3, -0.25) is 20.4 Å². The quantitative estimate of drug-likeness (QED) is 0.795. The number of carbonyl (C=O) groups is 2. The monoisotopic (exact) mass is 267 g/mol. The Morgan fingerprint density at radius 2 is 2.00 bits per heavy atom. The Morgan fingerprint density at radius 3 is 2.61 bits per heavy atom. The van der Waals surface area contributed by atoms with Crippen molar-refractivity contribution in [3.63, 3.8) is 0 Å². The molecule has 0 atom stereocenters. The first-order valence-electron chi connectivity index (χ1n) is 5.40. The first-order valence-corrected chi connectivity index (χ1v) is 6.79. The Morgan fingerprint density at radius 1 is 1.28 bits per heavy atom. The van der Waals surface area contributed by atoms with E-state index in [9.17, 15) is 9.59 Å². The van der Waals surface area contributed by atoms with Crippen LogP contribution in [-0.4, -0.2) is 37.9 Å². The second kappa shape index (κ2) is 6.90. The number of hydrogen-bond acceptors (Lipinski definition) is 4. The van der Waals surface area contributed by atoms with E-state index in [1.54, 1.807) is 18.2 Å². The van der Waals surface area contributed by atoms with Crippen molar-refractivity contribution in [3.05, 3.63) is 29.8 Å². The molecule has 98 valence electrons. The molecule has 2 N–H and O–H groups in total. The van der Waals surface area contributed by atoms with Crippen LogP contribution in [0.5, 0.6) is 0 Å². The molecule has 0 fully saturated rings. The molecule has 0 aliphatic heterocycles. The summed E-state index contributed by atoms with van der Waals surface area (Å²) in [5.41, 5.74) is 6.17. The summed E-state index contributed by atoms with van der Waals surface area (Å²) in [5, 5.41) is 0. The van der Waals surface area contributed by atoms with Crippen LogP contribution >= 0.6 is 11.8 Å². The van der Waals surface area contributed by atoms with Gasteiger partial charge in [-0.25, -0.2) is 0 Å².